The van der Waals surface area contributed by atoms with Crippen molar-refractivity contribution in [3.05, 3.63) is 51.8 Å². The number of alkyl halides is 3. The van der Waals surface area contributed by atoms with Crippen LogP contribution in [-0.2, 0) is 13.5 Å². The van der Waals surface area contributed by atoms with Crippen LogP contribution in [0.2, 0.25) is 5.02 Å². The Morgan fingerprint density at radius 3 is 2.37 bits per heavy atom. The Bertz CT molecular complexity index is 1040. The number of hydrogen-bond acceptors (Lipinski definition) is 3. The second-order valence-corrected chi connectivity index (χ2v) is 7.74. The van der Waals surface area contributed by atoms with Crippen molar-refractivity contribution in [2.24, 2.45) is 12.5 Å². The quantitative estimate of drug-likeness (QED) is 0.658. The monoisotopic (exact) mass is 398 g/mol. The van der Waals surface area contributed by atoms with Gasteiger partial charge in [0.05, 0.1) is 12.0 Å². The molecule has 0 unspecified atom stereocenters. The lowest BCUT2D eigenvalue weighted by Gasteiger charge is -2.26. The molecule has 0 bridgehead atoms. The molecule has 0 fully saturated rings. The van der Waals surface area contributed by atoms with Crippen LogP contribution in [0.4, 0.5) is 13.2 Å². The molecule has 1 aromatic carbocycles. The zero-order valence-corrected chi connectivity index (χ0v) is 15.8. The van der Waals surface area contributed by atoms with Gasteiger partial charge in [-0.1, -0.05) is 25.4 Å². The number of nitrogens with zero attached hydrogens (tertiary/aromatic N) is 4. The Kier molecular flexibility index (Phi) is 4.80. The molecule has 0 aliphatic carbocycles. The largest absolute Gasteiger partial charge is 0.389 e. The van der Waals surface area contributed by atoms with Gasteiger partial charge in [-0.25, -0.2) is 9.97 Å². The first kappa shape index (κ1) is 19.4. The molecule has 0 saturated heterocycles. The van der Waals surface area contributed by atoms with E-state index in [0.717, 1.165) is 0 Å². The van der Waals surface area contributed by atoms with Crippen molar-refractivity contribution in [2.75, 3.05) is 0 Å². The van der Waals surface area contributed by atoms with Crippen LogP contribution in [0.1, 0.15) is 26.1 Å². The topological polar surface area (TPSA) is 52.7 Å². The Morgan fingerprint density at radius 2 is 1.78 bits per heavy atom. The zero-order valence-electron chi connectivity index (χ0n) is 15.0. The van der Waals surface area contributed by atoms with Gasteiger partial charge in [-0.05, 0) is 29.7 Å². The van der Waals surface area contributed by atoms with Crippen LogP contribution in [0.25, 0.3) is 16.9 Å². The Morgan fingerprint density at radius 1 is 1.15 bits per heavy atom. The lowest BCUT2D eigenvalue weighted by atomic mass is 9.85. The average molecular weight is 399 g/mol. The molecule has 2 heterocycles. The van der Waals surface area contributed by atoms with E-state index in [2.05, 4.69) is 9.97 Å². The Hall–Kier alpha value is -2.35. The molecule has 0 saturated carbocycles. The van der Waals surface area contributed by atoms with E-state index < -0.39 is 23.6 Å². The molecular weight excluding hydrogens is 381 g/mol. The van der Waals surface area contributed by atoms with E-state index >= 15 is 0 Å². The van der Waals surface area contributed by atoms with Gasteiger partial charge in [0.15, 0.2) is 11.2 Å². The first-order chi connectivity index (χ1) is 12.5. The summed E-state index contributed by atoms with van der Waals surface area (Å²) in [6.07, 6.45) is -3.88. The second kappa shape index (κ2) is 6.67. The van der Waals surface area contributed by atoms with Crippen LogP contribution in [0.3, 0.4) is 0 Å². The van der Waals surface area contributed by atoms with Crippen LogP contribution < -0.4 is 5.56 Å². The van der Waals surface area contributed by atoms with Gasteiger partial charge in [0.1, 0.15) is 5.82 Å². The van der Waals surface area contributed by atoms with E-state index in [9.17, 15) is 18.0 Å². The number of halogens is 4. The molecule has 2 aromatic heterocycles. The minimum Gasteiger partial charge on any atom is -0.318 e. The number of imidazole rings is 1. The molecule has 0 N–H and O–H groups in total. The van der Waals surface area contributed by atoms with E-state index in [1.165, 1.54) is 24.7 Å². The minimum absolute atomic E-state index is 0.0362. The van der Waals surface area contributed by atoms with Gasteiger partial charge < -0.3 is 4.57 Å². The maximum absolute atomic E-state index is 13.0. The predicted octanol–water partition coefficient (Wildman–Crippen LogP) is 4.29. The summed E-state index contributed by atoms with van der Waals surface area (Å²) in [5.41, 5.74) is -0.603. The Labute approximate surface area is 158 Å². The smallest absolute Gasteiger partial charge is 0.318 e. The second-order valence-electron chi connectivity index (χ2n) is 7.31. The lowest BCUT2D eigenvalue weighted by Crippen LogP contribution is -2.30. The van der Waals surface area contributed by atoms with E-state index in [4.69, 9.17) is 11.6 Å². The van der Waals surface area contributed by atoms with Crippen LogP contribution in [0.5, 0.6) is 0 Å². The number of aromatic nitrogens is 4. The fourth-order valence-electron chi connectivity index (χ4n) is 3.11. The predicted molar refractivity (Wildman–Crippen MR) is 97.3 cm³/mol. The number of aryl methyl sites for hydroxylation is 1. The van der Waals surface area contributed by atoms with Crippen LogP contribution >= 0.6 is 11.6 Å². The number of benzene rings is 1. The van der Waals surface area contributed by atoms with Crippen molar-refractivity contribution in [1.82, 2.24) is 19.1 Å². The Balaban J connectivity index is 2.20. The van der Waals surface area contributed by atoms with E-state index in [0.29, 0.717) is 16.4 Å². The standard InChI is InChI=1S/C18H18ClF3N4O/c1-17(2,9-18(20,21)22)8-13-24-15-14(23-10-25(15)3)16(27)26(13)12-6-4-11(19)5-7-12/h4-7,10H,8-9H2,1-3H3. The van der Waals surface area contributed by atoms with Crippen molar-refractivity contribution in [3.8, 4) is 5.69 Å². The summed E-state index contributed by atoms with van der Waals surface area (Å²) in [6, 6.07) is 6.47. The summed E-state index contributed by atoms with van der Waals surface area (Å²) in [5, 5.41) is 0.484. The van der Waals surface area contributed by atoms with Gasteiger partial charge in [0.2, 0.25) is 0 Å². The third-order valence-electron chi connectivity index (χ3n) is 4.21. The molecule has 0 radical (unpaired) electrons. The van der Waals surface area contributed by atoms with E-state index in [-0.39, 0.29) is 17.8 Å². The highest BCUT2D eigenvalue weighted by Crippen LogP contribution is 2.35. The van der Waals surface area contributed by atoms with Crippen molar-refractivity contribution in [2.45, 2.75) is 32.9 Å². The van der Waals surface area contributed by atoms with Gasteiger partial charge in [-0.3, -0.25) is 9.36 Å². The van der Waals surface area contributed by atoms with E-state index in [1.54, 1.807) is 35.9 Å². The van der Waals surface area contributed by atoms with Crippen molar-refractivity contribution in [1.29, 1.82) is 0 Å². The maximum Gasteiger partial charge on any atom is 0.389 e. The summed E-state index contributed by atoms with van der Waals surface area (Å²) in [7, 11) is 1.68. The third kappa shape index (κ3) is 4.16. The van der Waals surface area contributed by atoms with Gasteiger partial charge in [0.25, 0.3) is 5.56 Å². The summed E-state index contributed by atoms with van der Waals surface area (Å²) in [6.45, 7) is 3.01. The average Bonchev–Trinajstić information content (AvgIpc) is 2.88. The number of rotatable bonds is 4. The number of fused-ring (bicyclic) bond motifs is 1. The highest BCUT2D eigenvalue weighted by atomic mass is 35.5. The molecule has 9 heteroatoms. The lowest BCUT2D eigenvalue weighted by molar-refractivity contribution is -0.154. The van der Waals surface area contributed by atoms with Gasteiger partial charge in [-0.15, -0.1) is 0 Å². The van der Waals surface area contributed by atoms with Gasteiger partial charge in [0, 0.05) is 24.9 Å². The zero-order chi connectivity index (χ0) is 20.0. The molecule has 5 nitrogen and oxygen atoms in total. The van der Waals surface area contributed by atoms with Crippen LogP contribution in [0, 0.1) is 5.41 Å². The molecule has 3 aromatic rings. The van der Waals surface area contributed by atoms with Gasteiger partial charge >= 0.3 is 6.18 Å². The molecular formula is C18H18ClF3N4O. The summed E-state index contributed by atoms with van der Waals surface area (Å²) < 4.78 is 41.7. The highest BCUT2D eigenvalue weighted by Gasteiger charge is 2.37. The summed E-state index contributed by atoms with van der Waals surface area (Å²) in [5.74, 6) is 0.243. The van der Waals surface area contributed by atoms with Crippen molar-refractivity contribution >= 4 is 22.8 Å². The summed E-state index contributed by atoms with van der Waals surface area (Å²) >= 11 is 5.91. The van der Waals surface area contributed by atoms with Crippen molar-refractivity contribution < 1.29 is 13.2 Å². The van der Waals surface area contributed by atoms with Crippen LogP contribution in [0.15, 0.2) is 35.4 Å². The normalized spacial score (nSPS) is 12.7. The SMILES string of the molecule is Cn1cnc2c(=O)n(-c3ccc(Cl)cc3)c(CC(C)(C)CC(F)(F)F)nc21. The molecule has 144 valence electrons. The number of hydrogen-bond donors (Lipinski definition) is 0. The fraction of sp³-hybridized carbons (Fsp3) is 0.389. The van der Waals surface area contributed by atoms with E-state index in [1.807, 2.05) is 0 Å². The third-order valence-corrected chi connectivity index (χ3v) is 4.46. The first-order valence-electron chi connectivity index (χ1n) is 8.22. The molecule has 0 spiro atoms. The maximum atomic E-state index is 13.0. The molecule has 0 atom stereocenters. The van der Waals surface area contributed by atoms with Crippen molar-refractivity contribution in [3.63, 3.8) is 0 Å². The molecule has 0 aliphatic heterocycles. The molecule has 0 amide bonds. The van der Waals surface area contributed by atoms with Gasteiger partial charge in [-0.2, -0.15) is 13.2 Å². The molecule has 0 aliphatic rings. The minimum atomic E-state index is -4.31. The van der Waals surface area contributed by atoms with Crippen LogP contribution in [-0.4, -0.2) is 25.3 Å². The molecule has 27 heavy (non-hydrogen) atoms. The fourth-order valence-corrected chi connectivity index (χ4v) is 3.24. The first-order valence-corrected chi connectivity index (χ1v) is 8.60. The highest BCUT2D eigenvalue weighted by molar-refractivity contribution is 6.30. The summed E-state index contributed by atoms with van der Waals surface area (Å²) in [4.78, 5) is 21.6. The molecule has 3 rings (SSSR count).